The number of carboxylic acid groups (broad SMARTS) is 1. The Kier molecular flexibility index (Phi) is 4.19. The number of hydrogen-bond donors (Lipinski definition) is 2. The van der Waals surface area contributed by atoms with Crippen molar-refractivity contribution in [3.63, 3.8) is 0 Å². The van der Waals surface area contributed by atoms with E-state index in [-0.39, 0.29) is 17.9 Å². The molecule has 0 spiro atoms. The number of carboxylic acids is 1. The summed E-state index contributed by atoms with van der Waals surface area (Å²) in [5.41, 5.74) is 0. The lowest BCUT2D eigenvalue weighted by molar-refractivity contribution is -0.148. The van der Waals surface area contributed by atoms with Crippen LogP contribution in [0.5, 0.6) is 0 Å². The SMILES string of the molecule is CC1C(C(=O)O)NCCN1C(=O)C1CCOCC1. The van der Waals surface area contributed by atoms with Crippen molar-refractivity contribution < 1.29 is 19.4 Å². The van der Waals surface area contributed by atoms with Crippen LogP contribution in [0.1, 0.15) is 19.8 Å². The van der Waals surface area contributed by atoms with E-state index >= 15 is 0 Å². The average Bonchev–Trinajstić information content (AvgIpc) is 2.39. The highest BCUT2D eigenvalue weighted by Gasteiger charge is 2.37. The van der Waals surface area contributed by atoms with E-state index in [1.54, 1.807) is 11.8 Å². The Balaban J connectivity index is 2.02. The van der Waals surface area contributed by atoms with Crippen LogP contribution in [0.4, 0.5) is 0 Å². The number of rotatable bonds is 2. The van der Waals surface area contributed by atoms with Crippen LogP contribution in [0.15, 0.2) is 0 Å². The monoisotopic (exact) mass is 256 g/mol. The van der Waals surface area contributed by atoms with Gasteiger partial charge in [0.1, 0.15) is 6.04 Å². The van der Waals surface area contributed by atoms with E-state index in [1.165, 1.54) is 0 Å². The number of piperazine rings is 1. The molecule has 1 amide bonds. The zero-order valence-electron chi connectivity index (χ0n) is 10.6. The van der Waals surface area contributed by atoms with Gasteiger partial charge in [-0.3, -0.25) is 9.59 Å². The molecule has 2 aliphatic rings. The number of ether oxygens (including phenoxy) is 1. The lowest BCUT2D eigenvalue weighted by Gasteiger charge is -2.40. The third kappa shape index (κ3) is 2.64. The maximum Gasteiger partial charge on any atom is 0.322 e. The van der Waals surface area contributed by atoms with Crippen molar-refractivity contribution in [1.29, 1.82) is 0 Å². The van der Waals surface area contributed by atoms with E-state index in [2.05, 4.69) is 5.32 Å². The van der Waals surface area contributed by atoms with Crippen molar-refractivity contribution >= 4 is 11.9 Å². The molecule has 2 saturated heterocycles. The summed E-state index contributed by atoms with van der Waals surface area (Å²) >= 11 is 0. The van der Waals surface area contributed by atoms with E-state index in [1.807, 2.05) is 0 Å². The van der Waals surface area contributed by atoms with Crippen LogP contribution in [-0.2, 0) is 14.3 Å². The molecule has 2 unspecified atom stereocenters. The summed E-state index contributed by atoms with van der Waals surface area (Å²) in [4.78, 5) is 25.2. The van der Waals surface area contributed by atoms with Crippen molar-refractivity contribution in [2.75, 3.05) is 26.3 Å². The standard InChI is InChI=1S/C12H20N2O4/c1-8-10(12(16)17)13-4-5-14(8)11(15)9-2-6-18-7-3-9/h8-10,13H,2-7H2,1H3,(H,16,17). The van der Waals surface area contributed by atoms with Crippen LogP contribution in [0, 0.1) is 5.92 Å². The second kappa shape index (κ2) is 5.67. The van der Waals surface area contributed by atoms with Gasteiger partial charge in [0, 0.05) is 32.2 Å². The highest BCUT2D eigenvalue weighted by Crippen LogP contribution is 2.21. The first kappa shape index (κ1) is 13.3. The first-order chi connectivity index (χ1) is 8.61. The molecule has 2 atom stereocenters. The number of aliphatic carboxylic acids is 1. The van der Waals surface area contributed by atoms with Crippen LogP contribution in [0.2, 0.25) is 0 Å². The maximum absolute atomic E-state index is 12.4. The molecule has 0 aromatic rings. The Morgan fingerprint density at radius 3 is 2.61 bits per heavy atom. The van der Waals surface area contributed by atoms with E-state index in [9.17, 15) is 9.59 Å². The van der Waals surface area contributed by atoms with Crippen LogP contribution >= 0.6 is 0 Å². The average molecular weight is 256 g/mol. The highest BCUT2D eigenvalue weighted by molar-refractivity contribution is 5.81. The Labute approximate surface area is 106 Å². The molecular weight excluding hydrogens is 236 g/mol. The fourth-order valence-corrected chi connectivity index (χ4v) is 2.68. The van der Waals surface area contributed by atoms with Gasteiger partial charge in [-0.25, -0.2) is 0 Å². The van der Waals surface area contributed by atoms with Gasteiger partial charge in [0.2, 0.25) is 5.91 Å². The summed E-state index contributed by atoms with van der Waals surface area (Å²) in [7, 11) is 0. The molecular formula is C12H20N2O4. The van der Waals surface area contributed by atoms with Gasteiger partial charge in [0.25, 0.3) is 0 Å². The first-order valence-corrected chi connectivity index (χ1v) is 6.45. The predicted octanol–water partition coefficient (Wildman–Crippen LogP) is -0.313. The van der Waals surface area contributed by atoms with Gasteiger partial charge in [-0.2, -0.15) is 0 Å². The zero-order chi connectivity index (χ0) is 13.1. The molecule has 0 radical (unpaired) electrons. The molecule has 2 aliphatic heterocycles. The number of nitrogens with one attached hydrogen (secondary N) is 1. The van der Waals surface area contributed by atoms with Gasteiger partial charge in [-0.15, -0.1) is 0 Å². The number of hydrogen-bond acceptors (Lipinski definition) is 4. The number of carbonyl (C=O) groups excluding carboxylic acids is 1. The largest absolute Gasteiger partial charge is 0.480 e. The molecule has 6 heteroatoms. The Morgan fingerprint density at radius 2 is 2.00 bits per heavy atom. The maximum atomic E-state index is 12.4. The van der Waals surface area contributed by atoms with Crippen molar-refractivity contribution in [3.8, 4) is 0 Å². The van der Waals surface area contributed by atoms with Crippen LogP contribution in [0.25, 0.3) is 0 Å². The number of carbonyl (C=O) groups is 2. The Bertz CT molecular complexity index is 328. The van der Waals surface area contributed by atoms with E-state index in [4.69, 9.17) is 9.84 Å². The van der Waals surface area contributed by atoms with Crippen molar-refractivity contribution in [2.24, 2.45) is 5.92 Å². The van der Waals surface area contributed by atoms with Gasteiger partial charge < -0.3 is 20.1 Å². The van der Waals surface area contributed by atoms with Gasteiger partial charge >= 0.3 is 5.97 Å². The summed E-state index contributed by atoms with van der Waals surface area (Å²) in [5.74, 6) is -0.820. The van der Waals surface area contributed by atoms with Gasteiger partial charge in [0.15, 0.2) is 0 Å². The minimum Gasteiger partial charge on any atom is -0.480 e. The fourth-order valence-electron chi connectivity index (χ4n) is 2.68. The predicted molar refractivity (Wildman–Crippen MR) is 64.1 cm³/mol. The van der Waals surface area contributed by atoms with Crippen molar-refractivity contribution in [3.05, 3.63) is 0 Å². The number of nitrogens with zero attached hydrogens (tertiary/aromatic N) is 1. The lowest BCUT2D eigenvalue weighted by Crippen LogP contribution is -2.62. The second-order valence-corrected chi connectivity index (χ2v) is 4.93. The van der Waals surface area contributed by atoms with Crippen LogP contribution in [-0.4, -0.2) is 60.3 Å². The molecule has 0 saturated carbocycles. The second-order valence-electron chi connectivity index (χ2n) is 4.93. The summed E-state index contributed by atoms with van der Waals surface area (Å²) in [6.45, 7) is 4.16. The third-order valence-corrected chi connectivity index (χ3v) is 3.81. The van der Waals surface area contributed by atoms with Gasteiger partial charge in [-0.05, 0) is 19.8 Å². The highest BCUT2D eigenvalue weighted by atomic mass is 16.5. The minimum absolute atomic E-state index is 0.00579. The molecule has 0 aromatic heterocycles. The van der Waals surface area contributed by atoms with Gasteiger partial charge in [-0.1, -0.05) is 0 Å². The molecule has 2 N–H and O–H groups in total. The van der Waals surface area contributed by atoms with Crippen LogP contribution in [0.3, 0.4) is 0 Å². The van der Waals surface area contributed by atoms with E-state index in [0.29, 0.717) is 26.3 Å². The summed E-state index contributed by atoms with van der Waals surface area (Å²) in [6.07, 6.45) is 1.49. The normalized spacial score (nSPS) is 30.2. The summed E-state index contributed by atoms with van der Waals surface area (Å²) in [6, 6.07) is -0.964. The molecule has 6 nitrogen and oxygen atoms in total. The Morgan fingerprint density at radius 1 is 1.33 bits per heavy atom. The number of amides is 1. The van der Waals surface area contributed by atoms with Gasteiger partial charge in [0.05, 0.1) is 6.04 Å². The topological polar surface area (TPSA) is 78.9 Å². The van der Waals surface area contributed by atoms with Crippen molar-refractivity contribution in [1.82, 2.24) is 10.2 Å². The molecule has 0 bridgehead atoms. The van der Waals surface area contributed by atoms with Crippen molar-refractivity contribution in [2.45, 2.75) is 31.8 Å². The third-order valence-electron chi connectivity index (χ3n) is 3.81. The minimum atomic E-state index is -0.896. The molecule has 2 fully saturated rings. The zero-order valence-corrected chi connectivity index (χ0v) is 10.6. The first-order valence-electron chi connectivity index (χ1n) is 6.45. The van der Waals surface area contributed by atoms with E-state index < -0.39 is 12.0 Å². The summed E-state index contributed by atoms with van der Waals surface area (Å²) < 4.78 is 5.25. The lowest BCUT2D eigenvalue weighted by atomic mass is 9.96. The molecule has 0 aromatic carbocycles. The smallest absolute Gasteiger partial charge is 0.322 e. The molecule has 0 aliphatic carbocycles. The summed E-state index contributed by atoms with van der Waals surface area (Å²) in [5, 5.41) is 12.0. The Hall–Kier alpha value is -1.14. The molecule has 18 heavy (non-hydrogen) atoms. The van der Waals surface area contributed by atoms with Crippen LogP contribution < -0.4 is 5.32 Å². The van der Waals surface area contributed by atoms with E-state index in [0.717, 1.165) is 12.8 Å². The fraction of sp³-hybridized carbons (Fsp3) is 0.833. The molecule has 2 rings (SSSR count). The quantitative estimate of drug-likeness (QED) is 0.708. The molecule has 2 heterocycles. The molecule has 102 valence electrons.